The Morgan fingerprint density at radius 1 is 1.29 bits per heavy atom. The van der Waals surface area contributed by atoms with Crippen LogP contribution in [0.5, 0.6) is 0 Å². The van der Waals surface area contributed by atoms with Gasteiger partial charge in [-0.05, 0) is 24.3 Å². The van der Waals surface area contributed by atoms with Crippen LogP contribution in [0.1, 0.15) is 25.8 Å². The molecule has 0 saturated heterocycles. The lowest BCUT2D eigenvalue weighted by Crippen LogP contribution is -2.34. The monoisotopic (exact) mass is 235 g/mol. The van der Waals surface area contributed by atoms with Crippen LogP contribution in [0.3, 0.4) is 0 Å². The topological polar surface area (TPSA) is 52.3 Å². The summed E-state index contributed by atoms with van der Waals surface area (Å²) in [5.41, 5.74) is 6.85. The molecule has 0 fully saturated rings. The molecule has 0 unspecified atom stereocenters. The predicted octanol–water partition coefficient (Wildman–Crippen LogP) is 2.15. The largest absolute Gasteiger partial charge is 0.465 e. The number of esters is 1. The second-order valence-corrected chi connectivity index (χ2v) is 4.65. The molecule has 0 aliphatic rings. The maximum atomic E-state index is 11.6. The highest BCUT2D eigenvalue weighted by Gasteiger charge is 2.15. The number of hydrogen-bond acceptors (Lipinski definition) is 3. The van der Waals surface area contributed by atoms with E-state index in [9.17, 15) is 4.79 Å². The first-order valence-corrected chi connectivity index (χ1v) is 6.05. The summed E-state index contributed by atoms with van der Waals surface area (Å²) in [6.45, 7) is 4.65. The van der Waals surface area contributed by atoms with Gasteiger partial charge >= 0.3 is 5.97 Å². The van der Waals surface area contributed by atoms with Crippen LogP contribution >= 0.6 is 0 Å². The molecule has 1 aromatic rings. The highest BCUT2D eigenvalue weighted by Crippen LogP contribution is 2.04. The normalized spacial score (nSPS) is 12.5. The fourth-order valence-electron chi connectivity index (χ4n) is 1.45. The van der Waals surface area contributed by atoms with Gasteiger partial charge in [-0.3, -0.25) is 4.79 Å². The number of ether oxygens (including phenoxy) is 1. The molecule has 2 N–H and O–H groups in total. The summed E-state index contributed by atoms with van der Waals surface area (Å²) in [5, 5.41) is 0. The van der Waals surface area contributed by atoms with Crippen molar-refractivity contribution in [2.75, 3.05) is 6.61 Å². The second kappa shape index (κ2) is 7.07. The number of nitrogens with two attached hydrogens (primary N) is 1. The van der Waals surface area contributed by atoms with Crippen molar-refractivity contribution in [2.45, 2.75) is 32.7 Å². The quantitative estimate of drug-likeness (QED) is 0.769. The maximum absolute atomic E-state index is 11.6. The molecule has 0 aliphatic heterocycles. The number of rotatable bonds is 6. The molecule has 1 rings (SSSR count). The first kappa shape index (κ1) is 13.7. The minimum atomic E-state index is -0.565. The Balaban J connectivity index is 2.32. The summed E-state index contributed by atoms with van der Waals surface area (Å²) in [7, 11) is 0. The Bertz CT molecular complexity index is 335. The number of carbonyl (C=O) groups excluding carboxylic acids is 1. The standard InChI is InChI=1S/C14H21NO2/c1-11(2)8-9-17-14(16)13(15)10-12-6-4-3-5-7-12/h3-7,11,13H,8-10,15H2,1-2H3/t13-/m0/s1. The van der Waals surface area contributed by atoms with Gasteiger partial charge in [0.05, 0.1) is 6.61 Å². The van der Waals surface area contributed by atoms with Gasteiger partial charge < -0.3 is 10.5 Å². The third kappa shape index (κ3) is 5.50. The van der Waals surface area contributed by atoms with Crippen LogP contribution in [-0.2, 0) is 16.0 Å². The predicted molar refractivity (Wildman–Crippen MR) is 68.5 cm³/mol. The van der Waals surface area contributed by atoms with E-state index in [-0.39, 0.29) is 5.97 Å². The maximum Gasteiger partial charge on any atom is 0.323 e. The van der Waals surface area contributed by atoms with Crippen molar-refractivity contribution in [3.8, 4) is 0 Å². The molecule has 0 radical (unpaired) electrons. The van der Waals surface area contributed by atoms with Crippen molar-refractivity contribution in [1.82, 2.24) is 0 Å². The second-order valence-electron chi connectivity index (χ2n) is 4.65. The van der Waals surface area contributed by atoms with Crippen molar-refractivity contribution in [3.05, 3.63) is 35.9 Å². The van der Waals surface area contributed by atoms with Crippen LogP contribution in [0, 0.1) is 5.92 Å². The van der Waals surface area contributed by atoms with E-state index in [1.165, 1.54) is 0 Å². The molecule has 0 amide bonds. The Morgan fingerprint density at radius 3 is 2.53 bits per heavy atom. The van der Waals surface area contributed by atoms with E-state index in [2.05, 4.69) is 13.8 Å². The lowest BCUT2D eigenvalue weighted by atomic mass is 10.1. The van der Waals surface area contributed by atoms with E-state index in [0.29, 0.717) is 18.9 Å². The van der Waals surface area contributed by atoms with Gasteiger partial charge in [-0.1, -0.05) is 44.2 Å². The molecule has 0 bridgehead atoms. The molecule has 0 heterocycles. The van der Waals surface area contributed by atoms with Gasteiger partial charge in [0.15, 0.2) is 0 Å². The highest BCUT2D eigenvalue weighted by molar-refractivity contribution is 5.75. The third-order valence-electron chi connectivity index (χ3n) is 2.54. The van der Waals surface area contributed by atoms with Gasteiger partial charge in [0, 0.05) is 0 Å². The van der Waals surface area contributed by atoms with E-state index >= 15 is 0 Å². The molecule has 0 aliphatic carbocycles. The minimum Gasteiger partial charge on any atom is -0.465 e. The van der Waals surface area contributed by atoms with Crippen LogP contribution in [0.4, 0.5) is 0 Å². The van der Waals surface area contributed by atoms with E-state index in [1.807, 2.05) is 30.3 Å². The zero-order chi connectivity index (χ0) is 12.7. The average molecular weight is 235 g/mol. The minimum absolute atomic E-state index is 0.311. The van der Waals surface area contributed by atoms with Gasteiger partial charge in [-0.15, -0.1) is 0 Å². The van der Waals surface area contributed by atoms with Gasteiger partial charge in [0.2, 0.25) is 0 Å². The Labute approximate surface area is 103 Å². The lowest BCUT2D eigenvalue weighted by molar-refractivity contribution is -0.145. The van der Waals surface area contributed by atoms with Crippen molar-refractivity contribution in [1.29, 1.82) is 0 Å². The molecule has 3 heteroatoms. The Hall–Kier alpha value is -1.35. The Kier molecular flexibility index (Phi) is 5.70. The van der Waals surface area contributed by atoms with Crippen LogP contribution in [-0.4, -0.2) is 18.6 Å². The van der Waals surface area contributed by atoms with Crippen LogP contribution in [0.2, 0.25) is 0 Å². The SMILES string of the molecule is CC(C)CCOC(=O)[C@@H](N)Cc1ccccc1. The molecule has 0 saturated carbocycles. The zero-order valence-corrected chi connectivity index (χ0v) is 10.6. The third-order valence-corrected chi connectivity index (χ3v) is 2.54. The van der Waals surface area contributed by atoms with Crippen molar-refractivity contribution in [3.63, 3.8) is 0 Å². The summed E-state index contributed by atoms with van der Waals surface area (Å²) < 4.78 is 5.12. The van der Waals surface area contributed by atoms with Crippen molar-refractivity contribution < 1.29 is 9.53 Å². The van der Waals surface area contributed by atoms with E-state index in [4.69, 9.17) is 10.5 Å². The van der Waals surface area contributed by atoms with E-state index in [0.717, 1.165) is 12.0 Å². The first-order chi connectivity index (χ1) is 8.09. The average Bonchev–Trinajstić information content (AvgIpc) is 2.29. The molecule has 0 spiro atoms. The molecule has 3 nitrogen and oxygen atoms in total. The molecular weight excluding hydrogens is 214 g/mol. The summed E-state index contributed by atoms with van der Waals surface area (Å²) >= 11 is 0. The summed E-state index contributed by atoms with van der Waals surface area (Å²) in [5.74, 6) is 0.225. The van der Waals surface area contributed by atoms with E-state index in [1.54, 1.807) is 0 Å². The van der Waals surface area contributed by atoms with Gasteiger partial charge in [0.1, 0.15) is 6.04 Å². The van der Waals surface area contributed by atoms with Crippen LogP contribution in [0.25, 0.3) is 0 Å². The molecule has 1 atom stereocenters. The van der Waals surface area contributed by atoms with E-state index < -0.39 is 6.04 Å². The van der Waals surface area contributed by atoms with Crippen LogP contribution < -0.4 is 5.73 Å². The summed E-state index contributed by atoms with van der Waals surface area (Å²) in [4.78, 5) is 11.6. The van der Waals surface area contributed by atoms with Crippen molar-refractivity contribution >= 4 is 5.97 Å². The fourth-order valence-corrected chi connectivity index (χ4v) is 1.45. The number of benzene rings is 1. The molecule has 0 aromatic heterocycles. The first-order valence-electron chi connectivity index (χ1n) is 6.05. The molecule has 94 valence electrons. The Morgan fingerprint density at radius 2 is 1.94 bits per heavy atom. The summed E-state index contributed by atoms with van der Waals surface area (Å²) in [6.07, 6.45) is 1.41. The van der Waals surface area contributed by atoms with Gasteiger partial charge in [-0.25, -0.2) is 0 Å². The highest BCUT2D eigenvalue weighted by atomic mass is 16.5. The van der Waals surface area contributed by atoms with Crippen molar-refractivity contribution in [2.24, 2.45) is 11.7 Å². The smallest absolute Gasteiger partial charge is 0.323 e. The number of carbonyl (C=O) groups is 1. The molecule has 1 aromatic carbocycles. The molecule has 17 heavy (non-hydrogen) atoms. The van der Waals surface area contributed by atoms with Gasteiger partial charge in [-0.2, -0.15) is 0 Å². The number of hydrogen-bond donors (Lipinski definition) is 1. The molecular formula is C14H21NO2. The fraction of sp³-hybridized carbons (Fsp3) is 0.500. The van der Waals surface area contributed by atoms with Gasteiger partial charge in [0.25, 0.3) is 0 Å². The summed E-state index contributed by atoms with van der Waals surface area (Å²) in [6, 6.07) is 9.17. The lowest BCUT2D eigenvalue weighted by Gasteiger charge is -2.12. The van der Waals surface area contributed by atoms with Crippen LogP contribution in [0.15, 0.2) is 30.3 Å². The zero-order valence-electron chi connectivity index (χ0n) is 10.6.